The van der Waals surface area contributed by atoms with E-state index in [0.29, 0.717) is 34.3 Å². The quantitative estimate of drug-likeness (QED) is 0.125. The van der Waals surface area contributed by atoms with Crippen LogP contribution in [0.25, 0.3) is 44.2 Å². The zero-order valence-corrected chi connectivity index (χ0v) is 27.8. The summed E-state index contributed by atoms with van der Waals surface area (Å²) in [6, 6.07) is 6.32. The highest BCUT2D eigenvalue weighted by molar-refractivity contribution is 5.96. The monoisotopic (exact) mass is 624 g/mol. The third-order valence-electron chi connectivity index (χ3n) is 10.1. The molecule has 46 heavy (non-hydrogen) atoms. The highest BCUT2D eigenvalue weighted by Crippen LogP contribution is 2.49. The van der Waals surface area contributed by atoms with Gasteiger partial charge in [0, 0.05) is 59.1 Å². The van der Waals surface area contributed by atoms with E-state index in [-0.39, 0.29) is 49.1 Å². The third-order valence-corrected chi connectivity index (χ3v) is 10.1. The number of aromatic hydroxyl groups is 2. The number of aromatic nitrogens is 5. The fourth-order valence-electron chi connectivity index (χ4n) is 7.38. The predicted molar refractivity (Wildman–Crippen MR) is 182 cm³/mol. The Labute approximate surface area is 268 Å². The summed E-state index contributed by atoms with van der Waals surface area (Å²) in [4.78, 5) is 30.0. The summed E-state index contributed by atoms with van der Waals surface area (Å²) >= 11 is 0. The number of aryl methyl sites for hydroxylation is 5. The molecule has 0 saturated heterocycles. The average Bonchev–Trinajstić information content (AvgIpc) is 3.71. The third kappa shape index (κ3) is 4.86. The topological polar surface area (TPSA) is 155 Å². The Morgan fingerprint density at radius 1 is 0.935 bits per heavy atom. The van der Waals surface area contributed by atoms with E-state index >= 15 is 0 Å². The minimum Gasteiger partial charge on any atom is -0.494 e. The Bertz CT molecular complexity index is 2080. The Hall–Kier alpha value is -4.57. The number of methoxy groups -OCH3 is 1. The summed E-state index contributed by atoms with van der Waals surface area (Å²) in [5.41, 5.74) is 18.7. The van der Waals surface area contributed by atoms with Gasteiger partial charge in [0.2, 0.25) is 11.8 Å². The van der Waals surface area contributed by atoms with Crippen LogP contribution in [0.4, 0.5) is 0 Å². The van der Waals surface area contributed by atoms with Crippen LogP contribution in [0.1, 0.15) is 84.7 Å². The van der Waals surface area contributed by atoms with Crippen molar-refractivity contribution in [3.63, 3.8) is 0 Å². The Kier molecular flexibility index (Phi) is 8.18. The first-order valence-corrected chi connectivity index (χ1v) is 16.2. The van der Waals surface area contributed by atoms with Crippen LogP contribution < -0.4 is 5.73 Å². The number of nitrogens with two attached hydrogens (primary N) is 1. The van der Waals surface area contributed by atoms with Gasteiger partial charge in [0.1, 0.15) is 0 Å². The lowest BCUT2D eigenvalue weighted by Crippen LogP contribution is -2.13. The number of pyridine rings is 1. The summed E-state index contributed by atoms with van der Waals surface area (Å²) in [6.07, 6.45) is 2.35. The first kappa shape index (κ1) is 31.4. The Balaban J connectivity index is 1.85. The number of aromatic amines is 2. The molecule has 3 aromatic heterocycles. The number of carbonyl (C=O) groups is 1. The van der Waals surface area contributed by atoms with E-state index in [1.165, 1.54) is 28.4 Å². The van der Waals surface area contributed by atoms with Crippen molar-refractivity contribution in [2.75, 3.05) is 13.7 Å². The van der Waals surface area contributed by atoms with Crippen molar-refractivity contribution >= 4 is 38.9 Å². The largest absolute Gasteiger partial charge is 0.494 e. The molecule has 0 spiro atoms. The number of nitrogens with one attached hydrogen (secondary N) is 2. The minimum absolute atomic E-state index is 0.0799. The number of hydrogen-bond acceptors (Lipinski definition) is 7. The van der Waals surface area contributed by atoms with E-state index in [0.717, 1.165) is 51.7 Å². The lowest BCUT2D eigenvalue weighted by molar-refractivity contribution is -0.140. The molecule has 242 valence electrons. The summed E-state index contributed by atoms with van der Waals surface area (Å²) < 4.78 is 6.43. The summed E-state index contributed by atoms with van der Waals surface area (Å²) in [5.74, 6) is -0.846. The molecule has 8 bridgehead atoms. The molecule has 2 atom stereocenters. The van der Waals surface area contributed by atoms with Crippen molar-refractivity contribution in [1.29, 1.82) is 0 Å². The normalized spacial score (nSPS) is 15.7. The van der Waals surface area contributed by atoms with Gasteiger partial charge in [0.05, 0.1) is 35.0 Å². The molecule has 10 nitrogen and oxygen atoms in total. The number of fused-ring (bicyclic) bond motifs is 8. The van der Waals surface area contributed by atoms with E-state index in [9.17, 15) is 15.0 Å². The van der Waals surface area contributed by atoms with Crippen LogP contribution in [0.2, 0.25) is 0 Å². The number of rotatable bonds is 7. The molecule has 10 heteroatoms. The number of carbonyl (C=O) groups excluding carboxylic acids is 1. The molecule has 0 amide bonds. The molecule has 6 N–H and O–H groups in total. The second kappa shape index (κ2) is 12.0. The molecule has 6 heterocycles. The van der Waals surface area contributed by atoms with Crippen LogP contribution in [-0.4, -0.2) is 54.3 Å². The van der Waals surface area contributed by atoms with E-state index in [1.54, 1.807) is 0 Å². The standard InChI is InChI=1S/C36H44N6O4/c1-8-21-17(3)24-14-26-19(5)23(10-11-30(43)46-7)33(40-26)32-34-31(35(44)42(13-12-37)36(32)45)20(6)27(41-34)16-29-22(9-2)18(4)25(39-29)15-28(21)38-24/h14-16,19,23,38-39,44-45H,8-13,37H2,1-7H3. The van der Waals surface area contributed by atoms with Crippen LogP contribution in [0.5, 0.6) is 11.8 Å². The Morgan fingerprint density at radius 3 is 2.17 bits per heavy atom. The molecule has 6 rings (SSSR count). The van der Waals surface area contributed by atoms with Gasteiger partial charge >= 0.3 is 5.97 Å². The van der Waals surface area contributed by atoms with Crippen molar-refractivity contribution in [3.8, 4) is 23.0 Å². The Morgan fingerprint density at radius 2 is 1.57 bits per heavy atom. The molecule has 0 aliphatic carbocycles. The molecular weight excluding hydrogens is 580 g/mol. The lowest BCUT2D eigenvalue weighted by atomic mass is 9.85. The van der Waals surface area contributed by atoms with Gasteiger partial charge in [-0.1, -0.05) is 20.8 Å². The number of ether oxygens (including phenoxy) is 1. The lowest BCUT2D eigenvalue weighted by Gasteiger charge is -2.20. The fourth-order valence-corrected chi connectivity index (χ4v) is 7.38. The van der Waals surface area contributed by atoms with Crippen LogP contribution >= 0.6 is 0 Å². The zero-order chi connectivity index (χ0) is 33.0. The molecule has 0 fully saturated rings. The first-order chi connectivity index (χ1) is 22.0. The van der Waals surface area contributed by atoms with Gasteiger partial charge < -0.3 is 30.7 Å². The van der Waals surface area contributed by atoms with Crippen LogP contribution in [0.3, 0.4) is 0 Å². The number of nitrogens with zero attached hydrogens (tertiary/aromatic N) is 3. The van der Waals surface area contributed by atoms with Crippen molar-refractivity contribution in [3.05, 3.63) is 57.4 Å². The minimum atomic E-state index is -0.306. The van der Waals surface area contributed by atoms with Gasteiger partial charge in [-0.2, -0.15) is 0 Å². The molecule has 3 aliphatic heterocycles. The maximum Gasteiger partial charge on any atom is 0.305 e. The van der Waals surface area contributed by atoms with Crippen molar-refractivity contribution in [2.24, 2.45) is 5.73 Å². The molecule has 0 saturated carbocycles. The highest BCUT2D eigenvalue weighted by atomic mass is 16.5. The van der Waals surface area contributed by atoms with Gasteiger partial charge in [0.15, 0.2) is 0 Å². The molecule has 0 aromatic carbocycles. The molecule has 3 aromatic rings. The second-order valence-corrected chi connectivity index (χ2v) is 12.5. The number of H-pyrrole nitrogens is 2. The SMILES string of the molecule is CCc1c(C)c2cc3[nH]c(cc4nc(c5c6nc(cc1[nH]2)c(C)c-6c(O)n(CCN)c5O)C(CCC(=O)OC)C4C)c(C)c3CC. The zero-order valence-electron chi connectivity index (χ0n) is 27.8. The van der Waals surface area contributed by atoms with Crippen molar-refractivity contribution < 1.29 is 19.7 Å². The average molecular weight is 625 g/mol. The van der Waals surface area contributed by atoms with Gasteiger partial charge in [-0.3, -0.25) is 14.3 Å². The van der Waals surface area contributed by atoms with E-state index in [4.69, 9.17) is 20.4 Å². The van der Waals surface area contributed by atoms with E-state index < -0.39 is 0 Å². The maximum atomic E-state index is 12.4. The van der Waals surface area contributed by atoms with E-state index in [2.05, 4.69) is 56.7 Å². The first-order valence-electron chi connectivity index (χ1n) is 16.2. The van der Waals surface area contributed by atoms with Crippen LogP contribution in [-0.2, 0) is 28.9 Å². The van der Waals surface area contributed by atoms with Crippen LogP contribution in [0, 0.1) is 20.8 Å². The van der Waals surface area contributed by atoms with Gasteiger partial charge in [0.25, 0.3) is 0 Å². The maximum absolute atomic E-state index is 12.4. The predicted octanol–water partition coefficient (Wildman–Crippen LogP) is 6.76. The van der Waals surface area contributed by atoms with Crippen molar-refractivity contribution in [1.82, 2.24) is 24.5 Å². The highest BCUT2D eigenvalue weighted by Gasteiger charge is 2.35. The van der Waals surface area contributed by atoms with Crippen LogP contribution in [0.15, 0.2) is 18.2 Å². The number of hydrogen-bond donors (Lipinski definition) is 5. The smallest absolute Gasteiger partial charge is 0.305 e. The molecule has 2 unspecified atom stereocenters. The number of esters is 1. The summed E-state index contributed by atoms with van der Waals surface area (Å²) in [6.45, 7) is 13.0. The second-order valence-electron chi connectivity index (χ2n) is 12.5. The van der Waals surface area contributed by atoms with Gasteiger partial charge in [-0.15, -0.1) is 0 Å². The summed E-state index contributed by atoms with van der Waals surface area (Å²) in [7, 11) is 1.39. The van der Waals surface area contributed by atoms with Gasteiger partial charge in [-0.25, -0.2) is 4.98 Å². The molecule has 0 radical (unpaired) electrons. The van der Waals surface area contributed by atoms with E-state index in [1.807, 2.05) is 13.0 Å². The summed E-state index contributed by atoms with van der Waals surface area (Å²) in [5, 5.41) is 23.8. The molecule has 3 aliphatic rings. The molecular formula is C36H44N6O4. The fraction of sp³-hybridized carbons (Fsp3) is 0.417. The van der Waals surface area contributed by atoms with Crippen molar-refractivity contribution in [2.45, 2.75) is 85.6 Å². The van der Waals surface area contributed by atoms with Gasteiger partial charge in [-0.05, 0) is 86.1 Å².